The molecule has 0 radical (unpaired) electrons. The van der Waals surface area contributed by atoms with Crippen LogP contribution in [-0.4, -0.2) is 11.0 Å². The summed E-state index contributed by atoms with van der Waals surface area (Å²) in [6.45, 7) is 2.18. The van der Waals surface area contributed by atoms with Gasteiger partial charge in [0, 0.05) is 11.1 Å². The lowest BCUT2D eigenvalue weighted by Crippen LogP contribution is -2.17. The molecule has 1 unspecified atom stereocenters. The molecule has 2 nitrogen and oxygen atoms in total. The molecule has 3 rings (SSSR count). The van der Waals surface area contributed by atoms with Crippen LogP contribution >= 0.6 is 34.3 Å². The van der Waals surface area contributed by atoms with Gasteiger partial charge in [-0.25, -0.2) is 4.98 Å². The van der Waals surface area contributed by atoms with Crippen molar-refractivity contribution < 1.29 is 0 Å². The molecule has 0 fully saturated rings. The van der Waals surface area contributed by atoms with Crippen LogP contribution in [0.4, 0.5) is 5.13 Å². The zero-order valence-electron chi connectivity index (χ0n) is 10.4. The van der Waals surface area contributed by atoms with Crippen molar-refractivity contribution in [1.82, 2.24) is 4.98 Å². The summed E-state index contributed by atoms with van der Waals surface area (Å²) >= 11 is 9.37. The van der Waals surface area contributed by atoms with E-state index in [0.717, 1.165) is 26.8 Å². The van der Waals surface area contributed by atoms with Crippen molar-refractivity contribution in [1.29, 1.82) is 0 Å². The molecule has 0 aliphatic carbocycles. The summed E-state index contributed by atoms with van der Waals surface area (Å²) < 4.78 is 1.12. The molecular weight excluding hydrogens is 296 g/mol. The first kappa shape index (κ1) is 12.9. The molecule has 3 aromatic rings. The molecule has 0 spiro atoms. The topological polar surface area (TPSA) is 24.9 Å². The highest BCUT2D eigenvalue weighted by molar-refractivity contribution is 7.22. The van der Waals surface area contributed by atoms with Gasteiger partial charge in [-0.1, -0.05) is 22.9 Å². The molecule has 2 aromatic heterocycles. The summed E-state index contributed by atoms with van der Waals surface area (Å²) in [5, 5.41) is 9.48. The number of nitrogens with zero attached hydrogens (tertiary/aromatic N) is 1. The van der Waals surface area contributed by atoms with Crippen LogP contribution in [-0.2, 0) is 6.42 Å². The van der Waals surface area contributed by atoms with E-state index in [1.165, 1.54) is 5.56 Å². The van der Waals surface area contributed by atoms with Gasteiger partial charge in [-0.15, -0.1) is 0 Å². The van der Waals surface area contributed by atoms with Crippen LogP contribution in [0, 0.1) is 0 Å². The van der Waals surface area contributed by atoms with Crippen molar-refractivity contribution in [3.05, 3.63) is 45.6 Å². The Kier molecular flexibility index (Phi) is 3.73. The fourth-order valence-electron chi connectivity index (χ4n) is 1.98. The number of hydrogen-bond acceptors (Lipinski definition) is 4. The van der Waals surface area contributed by atoms with Crippen molar-refractivity contribution in [3.8, 4) is 0 Å². The second kappa shape index (κ2) is 5.49. The number of thiazole rings is 1. The highest BCUT2D eigenvalue weighted by Crippen LogP contribution is 2.28. The van der Waals surface area contributed by atoms with Gasteiger partial charge in [0.1, 0.15) is 0 Å². The first-order valence-corrected chi connectivity index (χ1v) is 8.18. The number of thiophene rings is 1. The second-order valence-corrected chi connectivity index (χ2v) is 6.76. The maximum Gasteiger partial charge on any atom is 0.184 e. The van der Waals surface area contributed by atoms with Crippen LogP contribution in [0.15, 0.2) is 35.0 Å². The van der Waals surface area contributed by atoms with E-state index in [4.69, 9.17) is 11.6 Å². The molecule has 5 heteroatoms. The monoisotopic (exact) mass is 308 g/mol. The maximum absolute atomic E-state index is 5.99. The molecule has 0 aliphatic heterocycles. The van der Waals surface area contributed by atoms with Gasteiger partial charge in [-0.05, 0) is 53.9 Å². The van der Waals surface area contributed by atoms with E-state index in [2.05, 4.69) is 34.1 Å². The summed E-state index contributed by atoms with van der Waals surface area (Å²) in [5.41, 5.74) is 2.37. The molecule has 0 saturated heterocycles. The maximum atomic E-state index is 5.99. The van der Waals surface area contributed by atoms with Crippen LogP contribution in [0.3, 0.4) is 0 Å². The molecule has 1 N–H and O–H groups in total. The number of nitrogens with one attached hydrogen (secondary N) is 1. The minimum absolute atomic E-state index is 0.366. The molecule has 2 heterocycles. The Bertz CT molecular complexity index is 676. The second-order valence-electron chi connectivity index (χ2n) is 4.51. The van der Waals surface area contributed by atoms with E-state index in [-0.39, 0.29) is 0 Å². The van der Waals surface area contributed by atoms with Crippen molar-refractivity contribution >= 4 is 49.6 Å². The summed E-state index contributed by atoms with van der Waals surface area (Å²) in [6, 6.07) is 8.33. The van der Waals surface area contributed by atoms with Gasteiger partial charge in [-0.2, -0.15) is 11.3 Å². The van der Waals surface area contributed by atoms with Crippen LogP contribution < -0.4 is 5.32 Å². The Morgan fingerprint density at radius 1 is 1.37 bits per heavy atom. The first-order chi connectivity index (χ1) is 9.20. The molecule has 1 aromatic carbocycles. The number of anilines is 1. The predicted molar refractivity (Wildman–Crippen MR) is 85.7 cm³/mol. The average Bonchev–Trinajstić information content (AvgIpc) is 2.97. The fraction of sp³-hybridized carbons (Fsp3) is 0.214. The largest absolute Gasteiger partial charge is 0.359 e. The Morgan fingerprint density at radius 3 is 3.05 bits per heavy atom. The van der Waals surface area contributed by atoms with E-state index in [0.29, 0.717) is 6.04 Å². The summed E-state index contributed by atoms with van der Waals surface area (Å²) in [4.78, 5) is 4.57. The Morgan fingerprint density at radius 2 is 2.26 bits per heavy atom. The van der Waals surface area contributed by atoms with Crippen molar-refractivity contribution in [2.24, 2.45) is 0 Å². The number of halogens is 1. The molecule has 0 saturated carbocycles. The van der Waals surface area contributed by atoms with Gasteiger partial charge in [0.25, 0.3) is 0 Å². The van der Waals surface area contributed by atoms with E-state index in [9.17, 15) is 0 Å². The average molecular weight is 309 g/mol. The van der Waals surface area contributed by atoms with Crippen LogP contribution in [0.2, 0.25) is 5.02 Å². The fourth-order valence-corrected chi connectivity index (χ4v) is 3.92. The van der Waals surface area contributed by atoms with Gasteiger partial charge in [0.2, 0.25) is 0 Å². The molecule has 0 bridgehead atoms. The minimum atomic E-state index is 0.366. The van der Waals surface area contributed by atoms with Gasteiger partial charge < -0.3 is 5.32 Å². The lowest BCUT2D eigenvalue weighted by atomic mass is 10.1. The van der Waals surface area contributed by atoms with Crippen LogP contribution in [0.5, 0.6) is 0 Å². The molecule has 98 valence electrons. The Labute approximate surface area is 125 Å². The van der Waals surface area contributed by atoms with Gasteiger partial charge in [-0.3, -0.25) is 0 Å². The molecular formula is C14H13ClN2S2. The lowest BCUT2D eigenvalue weighted by Gasteiger charge is -2.11. The standard InChI is InChI=1S/C14H13ClN2S2/c1-9(6-10-4-5-18-8-10)16-14-17-12-3-2-11(15)7-13(12)19-14/h2-5,7-9H,6H2,1H3,(H,16,17). The van der Waals surface area contributed by atoms with Gasteiger partial charge in [0.05, 0.1) is 10.2 Å². The normalized spacial score (nSPS) is 12.7. The van der Waals surface area contributed by atoms with E-state index in [1.54, 1.807) is 22.7 Å². The van der Waals surface area contributed by atoms with Gasteiger partial charge in [0.15, 0.2) is 5.13 Å². The Balaban J connectivity index is 1.74. The lowest BCUT2D eigenvalue weighted by molar-refractivity contribution is 0.791. The van der Waals surface area contributed by atoms with Crippen LogP contribution in [0.1, 0.15) is 12.5 Å². The quantitative estimate of drug-likeness (QED) is 0.729. The summed E-state index contributed by atoms with van der Waals surface area (Å²) in [7, 11) is 0. The number of hydrogen-bond donors (Lipinski definition) is 1. The summed E-state index contributed by atoms with van der Waals surface area (Å²) in [5.74, 6) is 0. The number of benzene rings is 1. The zero-order valence-corrected chi connectivity index (χ0v) is 12.8. The molecule has 19 heavy (non-hydrogen) atoms. The highest BCUT2D eigenvalue weighted by Gasteiger charge is 2.08. The SMILES string of the molecule is CC(Cc1ccsc1)Nc1nc2ccc(Cl)cc2s1. The smallest absolute Gasteiger partial charge is 0.184 e. The Hall–Kier alpha value is -1.10. The van der Waals surface area contributed by atoms with E-state index >= 15 is 0 Å². The molecule has 1 atom stereocenters. The van der Waals surface area contributed by atoms with Crippen molar-refractivity contribution in [2.75, 3.05) is 5.32 Å². The predicted octanol–water partition coefficient (Wildman–Crippen LogP) is 5.05. The first-order valence-electron chi connectivity index (χ1n) is 6.04. The van der Waals surface area contributed by atoms with Crippen molar-refractivity contribution in [3.63, 3.8) is 0 Å². The molecule has 0 amide bonds. The highest BCUT2D eigenvalue weighted by atomic mass is 35.5. The summed E-state index contributed by atoms with van der Waals surface area (Å²) in [6.07, 6.45) is 1.01. The number of fused-ring (bicyclic) bond motifs is 1. The van der Waals surface area contributed by atoms with E-state index in [1.807, 2.05) is 18.2 Å². The third-order valence-electron chi connectivity index (χ3n) is 2.84. The zero-order chi connectivity index (χ0) is 13.2. The van der Waals surface area contributed by atoms with Crippen LogP contribution in [0.25, 0.3) is 10.2 Å². The number of aromatic nitrogens is 1. The van der Waals surface area contributed by atoms with Gasteiger partial charge >= 0.3 is 0 Å². The third-order valence-corrected chi connectivity index (χ3v) is 4.76. The third kappa shape index (κ3) is 3.08. The van der Waals surface area contributed by atoms with E-state index < -0.39 is 0 Å². The van der Waals surface area contributed by atoms with Crippen molar-refractivity contribution in [2.45, 2.75) is 19.4 Å². The minimum Gasteiger partial charge on any atom is -0.359 e. The molecule has 0 aliphatic rings. The number of rotatable bonds is 4.